The number of hydrogen-bond donors (Lipinski definition) is 1. The van der Waals surface area contributed by atoms with E-state index in [1.165, 1.54) is 24.3 Å². The van der Waals surface area contributed by atoms with Crippen molar-refractivity contribution >= 4 is 23.2 Å². The Morgan fingerprint density at radius 1 is 1.33 bits per heavy atom. The molecule has 27 heavy (non-hydrogen) atoms. The molecule has 2 aromatic rings. The zero-order valence-electron chi connectivity index (χ0n) is 15.4. The normalized spacial score (nSPS) is 17.0. The van der Waals surface area contributed by atoms with Gasteiger partial charge in [0.05, 0.1) is 10.7 Å². The van der Waals surface area contributed by atoms with E-state index in [0.29, 0.717) is 38.0 Å². The lowest BCUT2D eigenvalue weighted by Gasteiger charge is -2.32. The van der Waals surface area contributed by atoms with Crippen molar-refractivity contribution in [3.63, 3.8) is 0 Å². The van der Waals surface area contributed by atoms with Crippen LogP contribution in [0.2, 0.25) is 0 Å². The molecule has 0 spiro atoms. The first-order chi connectivity index (χ1) is 13.1. The minimum atomic E-state index is -0.339. The van der Waals surface area contributed by atoms with Crippen LogP contribution in [0.25, 0.3) is 0 Å². The van der Waals surface area contributed by atoms with E-state index in [-0.39, 0.29) is 23.5 Å². The van der Waals surface area contributed by atoms with Crippen LogP contribution in [0.5, 0.6) is 0 Å². The number of nitrogens with one attached hydrogen (secondary N) is 1. The third kappa shape index (κ3) is 5.13. The Balaban J connectivity index is 1.58. The van der Waals surface area contributed by atoms with E-state index in [9.17, 15) is 14.0 Å². The monoisotopic (exact) mass is 389 g/mol. The second kappa shape index (κ2) is 9.08. The van der Waals surface area contributed by atoms with Crippen molar-refractivity contribution in [3.8, 4) is 0 Å². The van der Waals surface area contributed by atoms with Crippen molar-refractivity contribution in [3.05, 3.63) is 51.7 Å². The molecule has 1 aromatic carbocycles. The van der Waals surface area contributed by atoms with E-state index in [2.05, 4.69) is 5.32 Å². The Morgan fingerprint density at radius 2 is 2.11 bits per heavy atom. The number of piperidine rings is 1. The SMILES string of the molecule is CCC(=O)NCCc1csc([C@@H]2CCCN(C(=O)c3ccc(F)cc3)C2)n1. The van der Waals surface area contributed by atoms with Crippen LogP contribution in [-0.2, 0) is 11.2 Å². The average Bonchev–Trinajstić information content (AvgIpc) is 3.17. The van der Waals surface area contributed by atoms with Gasteiger partial charge in [0.2, 0.25) is 5.91 Å². The molecule has 0 radical (unpaired) electrons. The lowest BCUT2D eigenvalue weighted by Crippen LogP contribution is -2.39. The summed E-state index contributed by atoms with van der Waals surface area (Å²) in [5, 5.41) is 5.94. The molecule has 1 saturated heterocycles. The summed E-state index contributed by atoms with van der Waals surface area (Å²) in [6.45, 7) is 3.78. The van der Waals surface area contributed by atoms with Crippen molar-refractivity contribution in [1.29, 1.82) is 0 Å². The van der Waals surface area contributed by atoms with E-state index >= 15 is 0 Å². The third-order valence-electron chi connectivity index (χ3n) is 4.74. The molecule has 1 aliphatic heterocycles. The fourth-order valence-electron chi connectivity index (χ4n) is 3.22. The molecule has 7 heteroatoms. The van der Waals surface area contributed by atoms with E-state index in [1.807, 2.05) is 17.2 Å². The molecule has 1 fully saturated rings. The summed E-state index contributed by atoms with van der Waals surface area (Å²) < 4.78 is 13.1. The van der Waals surface area contributed by atoms with Gasteiger partial charge in [0.25, 0.3) is 5.91 Å². The highest BCUT2D eigenvalue weighted by molar-refractivity contribution is 7.09. The van der Waals surface area contributed by atoms with Crippen LogP contribution < -0.4 is 5.32 Å². The molecule has 144 valence electrons. The van der Waals surface area contributed by atoms with Crippen molar-refractivity contribution in [2.45, 2.75) is 38.5 Å². The zero-order chi connectivity index (χ0) is 19.2. The largest absolute Gasteiger partial charge is 0.356 e. The molecule has 3 rings (SSSR count). The number of carbonyl (C=O) groups excluding carboxylic acids is 2. The number of likely N-dealkylation sites (tertiary alicyclic amines) is 1. The average molecular weight is 389 g/mol. The highest BCUT2D eigenvalue weighted by atomic mass is 32.1. The highest BCUT2D eigenvalue weighted by Crippen LogP contribution is 2.30. The van der Waals surface area contributed by atoms with Crippen LogP contribution in [-0.4, -0.2) is 41.3 Å². The molecule has 2 heterocycles. The second-order valence-corrected chi connectivity index (χ2v) is 7.62. The van der Waals surface area contributed by atoms with Gasteiger partial charge in [-0.15, -0.1) is 11.3 Å². The second-order valence-electron chi connectivity index (χ2n) is 6.73. The molecule has 1 aliphatic rings. The summed E-state index contributed by atoms with van der Waals surface area (Å²) in [6, 6.07) is 5.71. The van der Waals surface area contributed by atoms with Gasteiger partial charge in [0.1, 0.15) is 5.82 Å². The van der Waals surface area contributed by atoms with Gasteiger partial charge in [-0.3, -0.25) is 9.59 Å². The van der Waals surface area contributed by atoms with Crippen LogP contribution in [0.15, 0.2) is 29.6 Å². The molecular formula is C20H24FN3O2S. The molecular weight excluding hydrogens is 365 g/mol. The van der Waals surface area contributed by atoms with Crippen LogP contribution in [0, 0.1) is 5.82 Å². The highest BCUT2D eigenvalue weighted by Gasteiger charge is 2.27. The number of halogens is 1. The predicted molar refractivity (Wildman–Crippen MR) is 103 cm³/mol. The van der Waals surface area contributed by atoms with E-state index in [0.717, 1.165) is 23.5 Å². The van der Waals surface area contributed by atoms with Crippen molar-refractivity contribution in [1.82, 2.24) is 15.2 Å². The summed E-state index contributed by atoms with van der Waals surface area (Å²) in [6.07, 6.45) is 3.14. The Hall–Kier alpha value is -2.28. The van der Waals surface area contributed by atoms with Crippen molar-refractivity contribution in [2.24, 2.45) is 0 Å². The number of thiazole rings is 1. The lowest BCUT2D eigenvalue weighted by molar-refractivity contribution is -0.120. The minimum absolute atomic E-state index is 0.0488. The zero-order valence-corrected chi connectivity index (χ0v) is 16.2. The first kappa shape index (κ1) is 19.5. The first-order valence-electron chi connectivity index (χ1n) is 9.32. The fourth-order valence-corrected chi connectivity index (χ4v) is 4.20. The number of benzene rings is 1. The standard InChI is InChI=1S/C20H24FN3O2S/c1-2-18(25)22-10-9-17-13-27-19(23-17)15-4-3-11-24(12-15)20(26)14-5-7-16(21)8-6-14/h5-8,13,15H,2-4,9-12H2,1H3,(H,22,25)/t15-/m1/s1. The summed E-state index contributed by atoms with van der Waals surface area (Å²) in [7, 11) is 0. The molecule has 0 saturated carbocycles. The first-order valence-corrected chi connectivity index (χ1v) is 10.2. The quantitative estimate of drug-likeness (QED) is 0.824. The van der Waals surface area contributed by atoms with Gasteiger partial charge in [0, 0.05) is 49.3 Å². The van der Waals surface area contributed by atoms with Gasteiger partial charge in [-0.25, -0.2) is 9.37 Å². The topological polar surface area (TPSA) is 62.3 Å². The lowest BCUT2D eigenvalue weighted by atomic mass is 9.98. The molecule has 0 aliphatic carbocycles. The number of hydrogen-bond acceptors (Lipinski definition) is 4. The third-order valence-corrected chi connectivity index (χ3v) is 5.80. The number of aromatic nitrogens is 1. The molecule has 0 unspecified atom stereocenters. The summed E-state index contributed by atoms with van der Waals surface area (Å²) in [5.74, 6) is -0.118. The van der Waals surface area contributed by atoms with E-state index < -0.39 is 0 Å². The van der Waals surface area contributed by atoms with Crippen LogP contribution >= 0.6 is 11.3 Å². The molecule has 2 amide bonds. The number of carbonyl (C=O) groups is 2. The van der Waals surface area contributed by atoms with Gasteiger partial charge >= 0.3 is 0 Å². The van der Waals surface area contributed by atoms with Gasteiger partial charge in [-0.2, -0.15) is 0 Å². The summed E-state index contributed by atoms with van der Waals surface area (Å²) in [4.78, 5) is 30.5. The number of rotatable bonds is 6. The Morgan fingerprint density at radius 3 is 2.85 bits per heavy atom. The Labute approximate surface area is 162 Å². The predicted octanol–water partition coefficient (Wildman–Crippen LogP) is 3.37. The van der Waals surface area contributed by atoms with Crippen LogP contribution in [0.4, 0.5) is 4.39 Å². The van der Waals surface area contributed by atoms with Gasteiger partial charge in [-0.1, -0.05) is 6.92 Å². The molecule has 1 atom stereocenters. The van der Waals surface area contributed by atoms with Crippen molar-refractivity contribution < 1.29 is 14.0 Å². The number of amides is 2. The maximum absolute atomic E-state index is 13.1. The van der Waals surface area contributed by atoms with Crippen molar-refractivity contribution in [2.75, 3.05) is 19.6 Å². The Kier molecular flexibility index (Phi) is 6.55. The van der Waals surface area contributed by atoms with Crippen LogP contribution in [0.1, 0.15) is 53.2 Å². The van der Waals surface area contributed by atoms with Crippen LogP contribution in [0.3, 0.4) is 0 Å². The van der Waals surface area contributed by atoms with Gasteiger partial charge < -0.3 is 10.2 Å². The molecule has 5 nitrogen and oxygen atoms in total. The van der Waals surface area contributed by atoms with Gasteiger partial charge in [0.15, 0.2) is 0 Å². The van der Waals surface area contributed by atoms with Gasteiger partial charge in [-0.05, 0) is 37.1 Å². The van der Waals surface area contributed by atoms with E-state index in [4.69, 9.17) is 4.98 Å². The molecule has 0 bridgehead atoms. The smallest absolute Gasteiger partial charge is 0.253 e. The number of nitrogens with zero attached hydrogens (tertiary/aromatic N) is 2. The maximum Gasteiger partial charge on any atom is 0.253 e. The van der Waals surface area contributed by atoms with E-state index in [1.54, 1.807) is 11.3 Å². The molecule has 1 N–H and O–H groups in total. The summed E-state index contributed by atoms with van der Waals surface area (Å²) in [5.41, 5.74) is 1.50. The minimum Gasteiger partial charge on any atom is -0.356 e. The Bertz CT molecular complexity index is 791. The molecule has 1 aromatic heterocycles. The summed E-state index contributed by atoms with van der Waals surface area (Å²) >= 11 is 1.62. The maximum atomic E-state index is 13.1. The fraction of sp³-hybridized carbons (Fsp3) is 0.450.